The third-order valence-corrected chi connectivity index (χ3v) is 6.67. The van der Waals surface area contributed by atoms with E-state index >= 15 is 0 Å². The van der Waals surface area contributed by atoms with E-state index in [2.05, 4.69) is 22.5 Å². The highest BCUT2D eigenvalue weighted by atomic mass is 31.2. The third-order valence-electron chi connectivity index (χ3n) is 5.75. The minimum Gasteiger partial charge on any atom is -0.746 e. The first-order chi connectivity index (χ1) is 16.8. The minimum absolute atomic E-state index is 0.0538. The van der Waals surface area contributed by atoms with Gasteiger partial charge in [-0.1, -0.05) is 84.0 Å². The first kappa shape index (κ1) is 31.3. The lowest BCUT2D eigenvalue weighted by atomic mass is 10.0. The number of ketones is 1. The second kappa shape index (κ2) is 18.5. The maximum Gasteiger partial charge on any atom is 0.319 e. The molecule has 0 radical (unpaired) electrons. The number of nitrogens with one attached hydrogen (secondary N) is 1. The average Bonchev–Trinajstić information content (AvgIpc) is 2.81. The molecular weight excluding hydrogens is 467 g/mol. The number of carbonyl (C=O) groups excluding carboxylic acids is 2. The van der Waals surface area contributed by atoms with Gasteiger partial charge >= 0.3 is 7.82 Å². The van der Waals surface area contributed by atoms with Gasteiger partial charge in [0.25, 0.3) is 0 Å². The molecule has 4 N–H and O–H groups in total. The van der Waals surface area contributed by atoms with Crippen LogP contribution in [0.15, 0.2) is 18.2 Å². The summed E-state index contributed by atoms with van der Waals surface area (Å²) in [6, 6.07) is 4.27. The van der Waals surface area contributed by atoms with Crippen molar-refractivity contribution in [2.24, 2.45) is 0 Å². The lowest BCUT2D eigenvalue weighted by Gasteiger charge is -2.23. The first-order valence-corrected chi connectivity index (χ1v) is 14.6. The quantitative estimate of drug-likeness (QED) is 0.128. The van der Waals surface area contributed by atoms with Crippen LogP contribution in [0, 0.1) is 0 Å². The number of unbranched alkanes of at least 4 members (excludes halogenated alkanes) is 12. The Morgan fingerprint density at radius 3 is 2.00 bits per heavy atom. The molecule has 0 bridgehead atoms. The van der Waals surface area contributed by atoms with Crippen molar-refractivity contribution >= 4 is 25.2 Å². The lowest BCUT2D eigenvalue weighted by molar-refractivity contribution is -0.373. The van der Waals surface area contributed by atoms with Crippen LogP contribution in [0.25, 0.3) is 0 Å². The number of anilines is 1. The number of carbonyl (C=O) groups is 2. The summed E-state index contributed by atoms with van der Waals surface area (Å²) in [5.41, 5.74) is 3.98. The molecule has 0 heterocycles. The highest BCUT2D eigenvalue weighted by molar-refractivity contribution is 7.46. The van der Waals surface area contributed by atoms with E-state index in [4.69, 9.17) is 4.52 Å². The summed E-state index contributed by atoms with van der Waals surface area (Å²) in [6.45, 7) is 3.70. The molecule has 9 heteroatoms. The number of Topliss-reactive ketones (excluding diaryl/α,β-unsaturated/α-hetero) is 1. The largest absolute Gasteiger partial charge is 0.746 e. The van der Waals surface area contributed by atoms with Crippen LogP contribution in [0.5, 0.6) is 5.75 Å². The molecule has 8 nitrogen and oxygen atoms in total. The fourth-order valence-electron chi connectivity index (χ4n) is 3.81. The molecule has 0 aromatic heterocycles. The SMILES string of the molecule is CCCCCCCCCCCCCCCC(=O)Nc1ccc(OP(=O)([O-])OCC[NH3+])c(C(C)=O)c1. The van der Waals surface area contributed by atoms with Crippen molar-refractivity contribution in [1.29, 1.82) is 0 Å². The van der Waals surface area contributed by atoms with E-state index in [1.807, 2.05) is 0 Å². The molecule has 0 saturated carbocycles. The smallest absolute Gasteiger partial charge is 0.319 e. The average molecular weight is 513 g/mol. The second-order valence-electron chi connectivity index (χ2n) is 9.03. The van der Waals surface area contributed by atoms with Crippen LogP contribution in [0.1, 0.15) is 114 Å². The Bertz CT molecular complexity index is 802. The summed E-state index contributed by atoms with van der Waals surface area (Å²) >= 11 is 0. The van der Waals surface area contributed by atoms with Gasteiger partial charge < -0.3 is 25.0 Å². The number of hydrogen-bond acceptors (Lipinski definition) is 6. The zero-order valence-electron chi connectivity index (χ0n) is 21.6. The van der Waals surface area contributed by atoms with Gasteiger partial charge in [0.15, 0.2) is 5.78 Å². The van der Waals surface area contributed by atoms with Crippen LogP contribution < -0.4 is 20.5 Å². The van der Waals surface area contributed by atoms with Crippen molar-refractivity contribution in [1.82, 2.24) is 0 Å². The van der Waals surface area contributed by atoms with Gasteiger partial charge in [-0.15, -0.1) is 0 Å². The Morgan fingerprint density at radius 2 is 1.49 bits per heavy atom. The molecule has 0 saturated heterocycles. The summed E-state index contributed by atoms with van der Waals surface area (Å²) in [6.07, 6.45) is 16.6. The number of benzene rings is 1. The molecule has 1 rings (SSSR count). The summed E-state index contributed by atoms with van der Waals surface area (Å²) in [7, 11) is -4.61. The van der Waals surface area contributed by atoms with Gasteiger partial charge in [0.2, 0.25) is 5.91 Å². The summed E-state index contributed by atoms with van der Waals surface area (Å²) in [5, 5.41) is 2.77. The van der Waals surface area contributed by atoms with Gasteiger partial charge in [-0.05, 0) is 31.5 Å². The summed E-state index contributed by atoms with van der Waals surface area (Å²) in [5.74, 6) is -0.649. The molecule has 35 heavy (non-hydrogen) atoms. The van der Waals surface area contributed by atoms with Gasteiger partial charge in [0, 0.05) is 12.1 Å². The lowest BCUT2D eigenvalue weighted by Crippen LogP contribution is -2.52. The van der Waals surface area contributed by atoms with Crippen LogP contribution in [0.2, 0.25) is 0 Å². The highest BCUT2D eigenvalue weighted by Crippen LogP contribution is 2.41. The van der Waals surface area contributed by atoms with E-state index < -0.39 is 7.82 Å². The van der Waals surface area contributed by atoms with Gasteiger partial charge in [0.05, 0.1) is 12.1 Å². The predicted octanol–water partition coefficient (Wildman–Crippen LogP) is 5.41. The van der Waals surface area contributed by atoms with Crippen molar-refractivity contribution in [3.63, 3.8) is 0 Å². The number of hydrogen-bond donors (Lipinski definition) is 2. The second-order valence-corrected chi connectivity index (χ2v) is 10.4. The van der Waals surface area contributed by atoms with E-state index in [-0.39, 0.29) is 36.2 Å². The van der Waals surface area contributed by atoms with E-state index in [1.54, 1.807) is 0 Å². The van der Waals surface area contributed by atoms with Crippen molar-refractivity contribution in [3.05, 3.63) is 23.8 Å². The van der Waals surface area contributed by atoms with Crippen molar-refractivity contribution in [2.75, 3.05) is 18.5 Å². The Kier molecular flexibility index (Phi) is 16.6. The molecule has 0 aliphatic heterocycles. The monoisotopic (exact) mass is 512 g/mol. The van der Waals surface area contributed by atoms with Gasteiger partial charge in [-0.3, -0.25) is 14.2 Å². The molecule has 1 unspecified atom stereocenters. The van der Waals surface area contributed by atoms with Gasteiger partial charge in [0.1, 0.15) is 12.4 Å². The van der Waals surface area contributed by atoms with Crippen LogP contribution in [0.3, 0.4) is 0 Å². The molecule has 1 amide bonds. The summed E-state index contributed by atoms with van der Waals surface area (Å²) in [4.78, 5) is 36.1. The number of rotatable bonds is 21. The van der Waals surface area contributed by atoms with Crippen molar-refractivity contribution in [2.45, 2.75) is 104 Å². The molecule has 1 atom stereocenters. The Labute approximate surface area is 211 Å². The normalized spacial score (nSPS) is 12.8. The maximum absolute atomic E-state index is 12.3. The fraction of sp³-hybridized carbons (Fsp3) is 0.692. The third kappa shape index (κ3) is 15.1. The minimum atomic E-state index is -4.61. The zero-order valence-corrected chi connectivity index (χ0v) is 22.5. The molecule has 0 spiro atoms. The predicted molar refractivity (Wildman–Crippen MR) is 137 cm³/mol. The molecule has 1 aromatic rings. The highest BCUT2D eigenvalue weighted by Gasteiger charge is 2.17. The molecule has 1 aromatic carbocycles. The Hall–Kier alpha value is -1.73. The standard InChI is InChI=1S/C26H45N2O6P/c1-3-4-5-6-7-8-9-10-11-12-13-14-15-16-26(30)28-23-17-18-25(24(21-23)22(2)29)34-35(31,32)33-20-19-27/h17-18,21H,3-16,19-20,27H2,1-2H3,(H,28,30)(H,31,32). The molecule has 200 valence electrons. The number of quaternary nitrogens is 1. The van der Waals surface area contributed by atoms with Crippen molar-refractivity contribution < 1.29 is 33.8 Å². The molecule has 0 aliphatic rings. The van der Waals surface area contributed by atoms with Gasteiger partial charge in [-0.25, -0.2) is 0 Å². The van der Waals surface area contributed by atoms with E-state index in [1.165, 1.54) is 89.3 Å². The topological polar surface area (TPSA) is 132 Å². The van der Waals surface area contributed by atoms with Crippen LogP contribution in [0.4, 0.5) is 5.69 Å². The van der Waals surface area contributed by atoms with Crippen LogP contribution in [-0.2, 0) is 13.9 Å². The van der Waals surface area contributed by atoms with Crippen LogP contribution in [-0.4, -0.2) is 24.8 Å². The Morgan fingerprint density at radius 1 is 0.943 bits per heavy atom. The Balaban J connectivity index is 2.29. The number of amides is 1. The maximum atomic E-state index is 12.3. The molecule has 0 aliphatic carbocycles. The summed E-state index contributed by atoms with van der Waals surface area (Å²) < 4.78 is 21.5. The van der Waals surface area contributed by atoms with E-state index in [0.29, 0.717) is 12.1 Å². The zero-order chi connectivity index (χ0) is 25.9. The first-order valence-electron chi connectivity index (χ1n) is 13.2. The number of phosphoric acid groups is 1. The molecule has 0 fully saturated rings. The van der Waals surface area contributed by atoms with Gasteiger partial charge in [-0.2, -0.15) is 0 Å². The van der Waals surface area contributed by atoms with E-state index in [0.717, 1.165) is 19.3 Å². The van der Waals surface area contributed by atoms with E-state index in [9.17, 15) is 19.0 Å². The molecular formula is C26H45N2O6P. The van der Waals surface area contributed by atoms with Crippen molar-refractivity contribution in [3.8, 4) is 5.75 Å². The van der Waals surface area contributed by atoms with Crippen LogP contribution >= 0.6 is 7.82 Å². The number of phosphoric ester groups is 1. The fourth-order valence-corrected chi connectivity index (χ4v) is 4.62.